The molecular formula is C17H22N2. The van der Waals surface area contributed by atoms with Crippen molar-refractivity contribution in [3.05, 3.63) is 42.4 Å². The Kier molecular flexibility index (Phi) is 3.67. The van der Waals surface area contributed by atoms with E-state index in [4.69, 9.17) is 0 Å². The molecule has 0 aliphatic heterocycles. The van der Waals surface area contributed by atoms with Gasteiger partial charge in [-0.2, -0.15) is 0 Å². The van der Waals surface area contributed by atoms with E-state index in [0.29, 0.717) is 0 Å². The average Bonchev–Trinajstić information content (AvgIpc) is 3.07. The van der Waals surface area contributed by atoms with Gasteiger partial charge in [-0.3, -0.25) is 0 Å². The SMILES string of the molecule is Cn1c(-c2ccccc2)cnc1CCC1CCCC1. The molecule has 1 aliphatic rings. The number of aromatic nitrogens is 2. The average molecular weight is 254 g/mol. The van der Waals surface area contributed by atoms with Crippen LogP contribution >= 0.6 is 0 Å². The molecule has 0 amide bonds. The van der Waals surface area contributed by atoms with Crippen LogP contribution in [0.4, 0.5) is 0 Å². The van der Waals surface area contributed by atoms with Crippen LogP contribution in [0.25, 0.3) is 11.3 Å². The molecule has 0 spiro atoms. The Hall–Kier alpha value is -1.57. The van der Waals surface area contributed by atoms with Gasteiger partial charge in [0.15, 0.2) is 0 Å². The molecule has 3 rings (SSSR count). The van der Waals surface area contributed by atoms with E-state index >= 15 is 0 Å². The van der Waals surface area contributed by atoms with E-state index < -0.39 is 0 Å². The fourth-order valence-corrected chi connectivity index (χ4v) is 3.19. The first-order valence-corrected chi connectivity index (χ1v) is 7.40. The third kappa shape index (κ3) is 2.73. The van der Waals surface area contributed by atoms with Crippen LogP contribution in [0.5, 0.6) is 0 Å². The van der Waals surface area contributed by atoms with Gasteiger partial charge in [-0.25, -0.2) is 4.98 Å². The molecule has 0 radical (unpaired) electrons. The fourth-order valence-electron chi connectivity index (χ4n) is 3.19. The van der Waals surface area contributed by atoms with Crippen LogP contribution in [0.1, 0.15) is 37.9 Å². The highest BCUT2D eigenvalue weighted by Gasteiger charge is 2.16. The van der Waals surface area contributed by atoms with Crippen LogP contribution in [0.15, 0.2) is 36.5 Å². The molecule has 19 heavy (non-hydrogen) atoms. The smallest absolute Gasteiger partial charge is 0.108 e. The molecule has 1 saturated carbocycles. The van der Waals surface area contributed by atoms with E-state index in [1.807, 2.05) is 6.20 Å². The van der Waals surface area contributed by atoms with Crippen molar-refractivity contribution in [1.82, 2.24) is 9.55 Å². The molecule has 2 nitrogen and oxygen atoms in total. The molecule has 0 N–H and O–H groups in total. The van der Waals surface area contributed by atoms with E-state index in [2.05, 4.69) is 46.9 Å². The molecule has 0 bridgehead atoms. The third-order valence-electron chi connectivity index (χ3n) is 4.40. The summed E-state index contributed by atoms with van der Waals surface area (Å²) in [4.78, 5) is 4.62. The predicted octanol–water partition coefficient (Wildman–Crippen LogP) is 4.21. The monoisotopic (exact) mass is 254 g/mol. The van der Waals surface area contributed by atoms with Crippen molar-refractivity contribution < 1.29 is 0 Å². The molecule has 2 aromatic rings. The Morgan fingerprint density at radius 3 is 2.63 bits per heavy atom. The van der Waals surface area contributed by atoms with E-state index in [0.717, 1.165) is 12.3 Å². The molecule has 1 aromatic carbocycles. The lowest BCUT2D eigenvalue weighted by atomic mass is 10.0. The highest BCUT2D eigenvalue weighted by atomic mass is 15.1. The number of imidazole rings is 1. The van der Waals surface area contributed by atoms with Crippen molar-refractivity contribution in [3.8, 4) is 11.3 Å². The van der Waals surface area contributed by atoms with Gasteiger partial charge in [-0.05, 0) is 17.9 Å². The summed E-state index contributed by atoms with van der Waals surface area (Å²) >= 11 is 0. The minimum absolute atomic E-state index is 0.942. The zero-order chi connectivity index (χ0) is 13.1. The van der Waals surface area contributed by atoms with Gasteiger partial charge in [0.05, 0.1) is 11.9 Å². The second kappa shape index (κ2) is 5.60. The summed E-state index contributed by atoms with van der Waals surface area (Å²) in [5.74, 6) is 2.17. The van der Waals surface area contributed by atoms with Crippen molar-refractivity contribution in [2.75, 3.05) is 0 Å². The first-order chi connectivity index (χ1) is 9.34. The van der Waals surface area contributed by atoms with Crippen LogP contribution in [-0.2, 0) is 13.5 Å². The van der Waals surface area contributed by atoms with Crippen LogP contribution in [-0.4, -0.2) is 9.55 Å². The van der Waals surface area contributed by atoms with Gasteiger partial charge in [0.1, 0.15) is 5.82 Å². The second-order valence-corrected chi connectivity index (χ2v) is 5.67. The van der Waals surface area contributed by atoms with E-state index in [9.17, 15) is 0 Å². The molecule has 1 aromatic heterocycles. The highest BCUT2D eigenvalue weighted by Crippen LogP contribution is 2.29. The number of hydrogen-bond donors (Lipinski definition) is 0. The summed E-state index contributed by atoms with van der Waals surface area (Å²) < 4.78 is 2.25. The summed E-state index contributed by atoms with van der Waals surface area (Å²) in [5, 5.41) is 0. The van der Waals surface area contributed by atoms with Crippen molar-refractivity contribution in [3.63, 3.8) is 0 Å². The molecule has 1 aliphatic carbocycles. The van der Waals surface area contributed by atoms with Crippen LogP contribution in [0.3, 0.4) is 0 Å². The Labute approximate surface area is 115 Å². The summed E-state index contributed by atoms with van der Waals surface area (Å²) in [7, 11) is 2.14. The summed E-state index contributed by atoms with van der Waals surface area (Å²) in [5.41, 5.74) is 2.48. The van der Waals surface area contributed by atoms with Crippen molar-refractivity contribution in [2.24, 2.45) is 13.0 Å². The molecular weight excluding hydrogens is 232 g/mol. The second-order valence-electron chi connectivity index (χ2n) is 5.67. The fraction of sp³-hybridized carbons (Fsp3) is 0.471. The summed E-state index contributed by atoms with van der Waals surface area (Å²) in [6, 6.07) is 10.5. The molecule has 1 fully saturated rings. The highest BCUT2D eigenvalue weighted by molar-refractivity contribution is 5.58. The lowest BCUT2D eigenvalue weighted by Gasteiger charge is -2.09. The Morgan fingerprint density at radius 2 is 1.89 bits per heavy atom. The Morgan fingerprint density at radius 1 is 1.16 bits per heavy atom. The lowest BCUT2D eigenvalue weighted by molar-refractivity contribution is 0.493. The minimum Gasteiger partial charge on any atom is -0.331 e. The first kappa shape index (κ1) is 12.5. The van der Waals surface area contributed by atoms with E-state index in [1.54, 1.807) is 0 Å². The standard InChI is InChI=1S/C17H22N2/c1-19-16(15-9-3-2-4-10-15)13-18-17(19)12-11-14-7-5-6-8-14/h2-4,9-10,13-14H,5-8,11-12H2,1H3. The van der Waals surface area contributed by atoms with Gasteiger partial charge in [-0.15, -0.1) is 0 Å². The van der Waals surface area contributed by atoms with Gasteiger partial charge < -0.3 is 4.57 Å². The van der Waals surface area contributed by atoms with Gasteiger partial charge in [0.25, 0.3) is 0 Å². The van der Waals surface area contributed by atoms with Gasteiger partial charge in [0.2, 0.25) is 0 Å². The van der Waals surface area contributed by atoms with Gasteiger partial charge in [0, 0.05) is 13.5 Å². The number of rotatable bonds is 4. The zero-order valence-corrected chi connectivity index (χ0v) is 11.7. The Bertz CT molecular complexity index is 521. The topological polar surface area (TPSA) is 17.8 Å². The largest absolute Gasteiger partial charge is 0.331 e. The maximum Gasteiger partial charge on any atom is 0.108 e. The maximum absolute atomic E-state index is 4.62. The first-order valence-electron chi connectivity index (χ1n) is 7.40. The molecule has 2 heteroatoms. The number of nitrogens with zero attached hydrogens (tertiary/aromatic N) is 2. The van der Waals surface area contributed by atoms with Gasteiger partial charge >= 0.3 is 0 Å². The quantitative estimate of drug-likeness (QED) is 0.799. The van der Waals surface area contributed by atoms with Gasteiger partial charge in [-0.1, -0.05) is 56.0 Å². The van der Waals surface area contributed by atoms with Crippen LogP contribution in [0, 0.1) is 5.92 Å². The summed E-state index contributed by atoms with van der Waals surface area (Å²) in [6.07, 6.45) is 10.2. The number of hydrogen-bond acceptors (Lipinski definition) is 1. The van der Waals surface area contributed by atoms with E-state index in [1.165, 1.54) is 49.2 Å². The molecule has 100 valence electrons. The Balaban J connectivity index is 1.72. The predicted molar refractivity (Wildman–Crippen MR) is 78.9 cm³/mol. The van der Waals surface area contributed by atoms with E-state index in [-0.39, 0.29) is 0 Å². The van der Waals surface area contributed by atoms with Crippen molar-refractivity contribution >= 4 is 0 Å². The molecule has 0 saturated heterocycles. The van der Waals surface area contributed by atoms with Crippen molar-refractivity contribution in [1.29, 1.82) is 0 Å². The normalized spacial score (nSPS) is 16.1. The molecule has 0 atom stereocenters. The number of aryl methyl sites for hydroxylation is 1. The zero-order valence-electron chi connectivity index (χ0n) is 11.7. The number of benzene rings is 1. The van der Waals surface area contributed by atoms with Crippen molar-refractivity contribution in [2.45, 2.75) is 38.5 Å². The van der Waals surface area contributed by atoms with Crippen LogP contribution in [0.2, 0.25) is 0 Å². The molecule has 0 unspecified atom stereocenters. The third-order valence-corrected chi connectivity index (χ3v) is 4.40. The minimum atomic E-state index is 0.942. The van der Waals surface area contributed by atoms with Crippen LogP contribution < -0.4 is 0 Å². The maximum atomic E-state index is 4.62. The molecule has 1 heterocycles. The summed E-state index contributed by atoms with van der Waals surface area (Å²) in [6.45, 7) is 0. The lowest BCUT2D eigenvalue weighted by Crippen LogP contribution is -2.03.